The molecule has 0 saturated heterocycles. The molecule has 0 aliphatic carbocycles. The number of hydrogen-bond acceptors (Lipinski definition) is 1. The Balaban J connectivity index is 1.32. The van der Waals surface area contributed by atoms with Gasteiger partial charge in [0.05, 0.1) is 19.2 Å². The van der Waals surface area contributed by atoms with Gasteiger partial charge >= 0.3 is 0 Å². The molecule has 0 saturated carbocycles. The van der Waals surface area contributed by atoms with Crippen LogP contribution in [0.15, 0.2) is 162 Å². The van der Waals surface area contributed by atoms with Crippen molar-refractivity contribution in [2.75, 3.05) is 0 Å². The highest BCUT2D eigenvalue weighted by Crippen LogP contribution is 2.46. The van der Waals surface area contributed by atoms with Crippen molar-refractivity contribution < 1.29 is 23.6 Å². The fraction of sp³-hybridized carbons (Fsp3) is 0. The highest BCUT2D eigenvalue weighted by molar-refractivity contribution is 6.24. The van der Waals surface area contributed by atoms with Crippen molar-refractivity contribution in [3.63, 3.8) is 0 Å². The minimum atomic E-state index is -0.536. The molecule has 0 aliphatic rings. The third-order valence-corrected chi connectivity index (χ3v) is 7.83. The minimum Gasteiger partial charge on any atom is -0.455 e. The van der Waals surface area contributed by atoms with Gasteiger partial charge in [0.15, 0.2) is 0 Å². The van der Waals surface area contributed by atoms with Crippen molar-refractivity contribution in [3.8, 4) is 33.4 Å². The molecule has 0 bridgehead atoms. The number of hydrogen-bond donors (Lipinski definition) is 0. The van der Waals surface area contributed by atoms with E-state index in [-0.39, 0.29) is 68.0 Å². The van der Waals surface area contributed by atoms with Crippen LogP contribution in [0.4, 0.5) is 0 Å². The van der Waals surface area contributed by atoms with E-state index in [1.54, 1.807) is 12.1 Å². The van der Waals surface area contributed by atoms with Gasteiger partial charge in [-0.3, -0.25) is 0 Å². The summed E-state index contributed by atoms with van der Waals surface area (Å²) in [5.41, 5.74) is 2.49. The summed E-state index contributed by atoms with van der Waals surface area (Å²) >= 11 is 0. The Labute approximate surface area is 268 Å². The van der Waals surface area contributed by atoms with Crippen molar-refractivity contribution in [2.45, 2.75) is 0 Å². The average molecular weight is 561 g/mol. The quantitative estimate of drug-likeness (QED) is 0.196. The van der Waals surface area contributed by atoms with Crippen molar-refractivity contribution >= 4 is 54.3 Å². The van der Waals surface area contributed by atoms with Crippen molar-refractivity contribution in [3.05, 3.63) is 157 Å². The van der Waals surface area contributed by atoms with Crippen LogP contribution < -0.4 is 0 Å². The first kappa shape index (κ1) is 14.0. The Morgan fingerprint density at radius 1 is 0.419 bits per heavy atom. The van der Waals surface area contributed by atoms with Gasteiger partial charge in [-0.2, -0.15) is 0 Å². The average Bonchev–Trinajstić information content (AvgIpc) is 3.62. The molecule has 1 heteroatoms. The largest absolute Gasteiger partial charge is 0.455 e. The molecule has 9 rings (SSSR count). The van der Waals surface area contributed by atoms with Crippen LogP contribution in [0.25, 0.3) is 87.6 Å². The third kappa shape index (κ3) is 3.72. The molecule has 8 aromatic carbocycles. The van der Waals surface area contributed by atoms with Crippen LogP contribution in [-0.2, 0) is 0 Å². The Morgan fingerprint density at radius 3 is 1.77 bits per heavy atom. The first-order valence-electron chi connectivity index (χ1n) is 20.6. The molecule has 43 heavy (non-hydrogen) atoms. The van der Waals surface area contributed by atoms with E-state index in [0.717, 1.165) is 21.9 Å². The first-order chi connectivity index (χ1) is 27.2. The lowest BCUT2D eigenvalue weighted by Gasteiger charge is -2.18. The predicted molar refractivity (Wildman–Crippen MR) is 183 cm³/mol. The molecule has 0 spiro atoms. The van der Waals surface area contributed by atoms with Gasteiger partial charge in [0, 0.05) is 21.9 Å². The van der Waals surface area contributed by atoms with Gasteiger partial charge in [-0.05, 0) is 66.7 Å². The summed E-state index contributed by atoms with van der Waals surface area (Å²) in [6.45, 7) is 0. The SMILES string of the molecule is [2H]c1c([2H])c([2H])c2c(oc3c(-c4c5ccccc5c(-c5ccc(-c6c([2H])c([2H])c7c([2H])c([2H])c([2H])c([2H])c7c6[2H])cc5)c5ccccc45)c([2H])c([2H])c([2H])c32)c1[2H]. The van der Waals surface area contributed by atoms with Crippen LogP contribution >= 0.6 is 0 Å². The van der Waals surface area contributed by atoms with E-state index in [0.29, 0.717) is 21.9 Å². The number of furan rings is 1. The summed E-state index contributed by atoms with van der Waals surface area (Å²) in [6.07, 6.45) is 0. The summed E-state index contributed by atoms with van der Waals surface area (Å²) in [6, 6.07) is 16.0. The van der Waals surface area contributed by atoms with E-state index in [2.05, 4.69) is 0 Å². The standard InChI is InChI=1S/C42H26O/c1-2-11-30-26-31(25-22-27(30)10-1)28-20-23-29(24-21-28)40-33-13-3-5-15-35(33)41(36-16-6-4-14-34(36)40)38-18-9-17-37-32-12-7-8-19-39(32)43-42(37)38/h1-26H/i1D,2D,7D,8D,9D,10D,11D,12D,17D,18D,19D,22D,25D,26D. The second-order valence-electron chi connectivity index (χ2n) is 10.2. The maximum Gasteiger partial charge on any atom is 0.143 e. The Bertz CT molecular complexity index is 3220. The molecule has 0 unspecified atom stereocenters. The number of rotatable bonds is 3. The van der Waals surface area contributed by atoms with Gasteiger partial charge < -0.3 is 4.42 Å². The summed E-state index contributed by atoms with van der Waals surface area (Å²) in [5.74, 6) is 0. The molecule has 0 aliphatic heterocycles. The van der Waals surface area contributed by atoms with Crippen LogP contribution in [0, 0.1) is 0 Å². The van der Waals surface area contributed by atoms with Crippen LogP contribution in [-0.4, -0.2) is 0 Å². The topological polar surface area (TPSA) is 13.1 Å². The third-order valence-electron chi connectivity index (χ3n) is 7.83. The normalized spacial score (nSPS) is 16.3. The predicted octanol–water partition coefficient (Wildman–Crippen LogP) is 12.0. The summed E-state index contributed by atoms with van der Waals surface area (Å²) < 4.78 is 127. The maximum absolute atomic E-state index is 9.22. The van der Waals surface area contributed by atoms with Crippen LogP contribution in [0.3, 0.4) is 0 Å². The van der Waals surface area contributed by atoms with E-state index < -0.39 is 60.4 Å². The molecule has 9 aromatic rings. The molecule has 0 fully saturated rings. The molecule has 1 nitrogen and oxygen atoms in total. The zero-order valence-corrected chi connectivity index (χ0v) is 22.3. The molecule has 0 amide bonds. The van der Waals surface area contributed by atoms with Crippen molar-refractivity contribution in [1.82, 2.24) is 0 Å². The lowest BCUT2D eigenvalue weighted by Crippen LogP contribution is -1.91. The van der Waals surface area contributed by atoms with Gasteiger partial charge in [-0.15, -0.1) is 0 Å². The molecule has 200 valence electrons. The maximum atomic E-state index is 9.22. The summed E-state index contributed by atoms with van der Waals surface area (Å²) in [7, 11) is 0. The number of fused-ring (bicyclic) bond motifs is 6. The summed E-state index contributed by atoms with van der Waals surface area (Å²) in [5, 5.41) is 2.48. The smallest absolute Gasteiger partial charge is 0.143 e. The van der Waals surface area contributed by atoms with Crippen molar-refractivity contribution in [2.24, 2.45) is 0 Å². The highest BCUT2D eigenvalue weighted by atomic mass is 16.3. The second kappa shape index (κ2) is 9.44. The van der Waals surface area contributed by atoms with E-state index in [4.69, 9.17) is 22.2 Å². The van der Waals surface area contributed by atoms with E-state index in [1.165, 1.54) is 0 Å². The van der Waals surface area contributed by atoms with Crippen LogP contribution in [0.5, 0.6) is 0 Å². The highest BCUT2D eigenvalue weighted by Gasteiger charge is 2.20. The zero-order chi connectivity index (χ0) is 40.5. The molecule has 0 radical (unpaired) electrons. The van der Waals surface area contributed by atoms with E-state index in [1.807, 2.05) is 60.7 Å². The Hall–Kier alpha value is -5.66. The molecule has 1 aromatic heterocycles. The Morgan fingerprint density at radius 2 is 1.02 bits per heavy atom. The first-order valence-corrected chi connectivity index (χ1v) is 13.6. The molecular weight excluding hydrogens is 520 g/mol. The zero-order valence-electron chi connectivity index (χ0n) is 36.3. The van der Waals surface area contributed by atoms with E-state index >= 15 is 0 Å². The fourth-order valence-electron chi connectivity index (χ4n) is 5.94. The summed E-state index contributed by atoms with van der Waals surface area (Å²) in [4.78, 5) is 0. The van der Waals surface area contributed by atoms with Gasteiger partial charge in [-0.1, -0.05) is 145 Å². The van der Waals surface area contributed by atoms with Gasteiger partial charge in [-0.25, -0.2) is 0 Å². The monoisotopic (exact) mass is 560 g/mol. The van der Waals surface area contributed by atoms with E-state index in [9.17, 15) is 1.37 Å². The molecule has 0 atom stereocenters. The van der Waals surface area contributed by atoms with Gasteiger partial charge in [0.25, 0.3) is 0 Å². The molecule has 0 N–H and O–H groups in total. The Kier molecular flexibility index (Phi) is 3.07. The second-order valence-corrected chi connectivity index (χ2v) is 10.2. The lowest BCUT2D eigenvalue weighted by molar-refractivity contribution is 0.670. The van der Waals surface area contributed by atoms with Gasteiger partial charge in [0.2, 0.25) is 0 Å². The van der Waals surface area contributed by atoms with Crippen LogP contribution in [0.1, 0.15) is 19.2 Å². The number of benzene rings is 8. The fourth-order valence-corrected chi connectivity index (χ4v) is 5.94. The van der Waals surface area contributed by atoms with Gasteiger partial charge in [0.1, 0.15) is 11.2 Å². The van der Waals surface area contributed by atoms with Crippen LogP contribution in [0.2, 0.25) is 0 Å². The lowest BCUT2D eigenvalue weighted by atomic mass is 9.85. The molecule has 1 heterocycles. The molecular formula is C42H26O. The minimum absolute atomic E-state index is 0.00168. The van der Waals surface area contributed by atoms with Crippen molar-refractivity contribution in [1.29, 1.82) is 0 Å². The number of para-hydroxylation sites is 2.